The molecule has 10 rings (SSSR count). The maximum Gasteiger partial charge on any atom is 0.0488 e. The molecule has 4 aliphatic rings. The van der Waals surface area contributed by atoms with E-state index in [1.807, 2.05) is 12.3 Å². The van der Waals surface area contributed by atoms with E-state index in [1.54, 1.807) is 6.20 Å². The normalized spacial score (nSPS) is 21.3. The predicted molar refractivity (Wildman–Crippen MR) is 232 cm³/mol. The molecule has 4 nitrogen and oxygen atoms in total. The second kappa shape index (κ2) is 14.3. The quantitative estimate of drug-likeness (QED) is 0.128. The number of rotatable bonds is 7. The first kappa shape index (κ1) is 33.5. The van der Waals surface area contributed by atoms with Crippen molar-refractivity contribution < 1.29 is 0 Å². The Kier molecular flexibility index (Phi) is 8.71. The Morgan fingerprint density at radius 1 is 0.709 bits per heavy atom. The molecule has 1 heterocycles. The lowest BCUT2D eigenvalue weighted by Crippen LogP contribution is -2.42. The summed E-state index contributed by atoms with van der Waals surface area (Å²) in [4.78, 5) is 4.25. The average Bonchev–Trinajstić information content (AvgIpc) is 3.25. The molecule has 4 heteroatoms. The van der Waals surface area contributed by atoms with Gasteiger partial charge < -0.3 is 11.2 Å². The molecule has 3 N–H and O–H groups in total. The molecule has 4 aliphatic carbocycles. The van der Waals surface area contributed by atoms with Crippen molar-refractivity contribution in [2.45, 2.75) is 43.7 Å². The molecule has 0 fully saturated rings. The third-order valence-electron chi connectivity index (χ3n) is 11.9. The monoisotopic (exact) mass is 711 g/mol. The highest BCUT2D eigenvalue weighted by Gasteiger charge is 2.26. The fourth-order valence-electron chi connectivity index (χ4n) is 9.03. The molecule has 4 unspecified atom stereocenters. The summed E-state index contributed by atoms with van der Waals surface area (Å²) in [6, 6.07) is 34.7. The van der Waals surface area contributed by atoms with E-state index in [0.717, 1.165) is 42.5 Å². The van der Waals surface area contributed by atoms with E-state index in [2.05, 4.69) is 168 Å². The maximum absolute atomic E-state index is 9.21. The van der Waals surface area contributed by atoms with E-state index in [-0.39, 0.29) is 18.0 Å². The standard InChI is InChI=1S/C51H43N4/c52-48-31-39(22-26-49(48)55-54-43-23-19-35(20-24-43)42-12-7-27-53-32-42)38-21-25-46-47(30-38)51(41-18-16-34-9-2-4-11-37(34)29-41)45-14-6-5-13-44(45)50(46)40-17-15-33-8-1-3-10-36(33)28-40/h1-4,6-12,14,16-30,32-33,39,48-49,52,54-55H,5,13,15,31H2/q-1. The lowest BCUT2D eigenvalue weighted by molar-refractivity contribution is 0.508. The molecule has 55 heavy (non-hydrogen) atoms. The van der Waals surface area contributed by atoms with Gasteiger partial charge in [-0.15, -0.1) is 6.04 Å². The van der Waals surface area contributed by atoms with Crippen LogP contribution in [0.25, 0.3) is 61.2 Å². The summed E-state index contributed by atoms with van der Waals surface area (Å²) < 4.78 is 0. The zero-order chi connectivity index (χ0) is 36.7. The van der Waals surface area contributed by atoms with Crippen LogP contribution in [0.1, 0.15) is 47.4 Å². The maximum atomic E-state index is 9.21. The predicted octanol–water partition coefficient (Wildman–Crippen LogP) is 12.6. The molecule has 0 radical (unpaired) electrons. The first-order valence-corrected chi connectivity index (χ1v) is 19.6. The molecular formula is C51H43N4-. The van der Waals surface area contributed by atoms with Gasteiger partial charge in [-0.25, -0.2) is 5.43 Å². The molecule has 6 aromatic rings. The molecule has 1 aromatic heterocycles. The number of fused-ring (bicyclic) bond motifs is 4. The number of hydrogen-bond acceptors (Lipinski definition) is 3. The molecule has 0 spiro atoms. The summed E-state index contributed by atoms with van der Waals surface area (Å²) in [7, 11) is 0. The number of aromatic nitrogens is 1. The van der Waals surface area contributed by atoms with Crippen molar-refractivity contribution in [3.63, 3.8) is 0 Å². The average molecular weight is 712 g/mol. The van der Waals surface area contributed by atoms with Crippen LogP contribution in [0.5, 0.6) is 0 Å². The second-order valence-electron chi connectivity index (χ2n) is 15.3. The van der Waals surface area contributed by atoms with Gasteiger partial charge in [-0.2, -0.15) is 0 Å². The minimum absolute atomic E-state index is 0.106. The van der Waals surface area contributed by atoms with Gasteiger partial charge in [0.05, 0.1) is 0 Å². The number of benzene rings is 5. The van der Waals surface area contributed by atoms with Crippen molar-refractivity contribution in [2.75, 3.05) is 5.43 Å². The van der Waals surface area contributed by atoms with Crippen molar-refractivity contribution >= 4 is 38.9 Å². The van der Waals surface area contributed by atoms with Gasteiger partial charge in [-0.3, -0.25) is 4.98 Å². The summed E-state index contributed by atoms with van der Waals surface area (Å²) in [5.74, 6) is 0.612. The first-order chi connectivity index (χ1) is 27.2. The summed E-state index contributed by atoms with van der Waals surface area (Å²) in [5, 5.41) is 5.13. The fraction of sp³-hybridized carbons (Fsp3) is 0.157. The van der Waals surface area contributed by atoms with Crippen LogP contribution in [0, 0.1) is 5.92 Å². The summed E-state index contributed by atoms with van der Waals surface area (Å²) in [5.41, 5.74) is 30.0. The van der Waals surface area contributed by atoms with E-state index in [9.17, 15) is 5.73 Å². The summed E-state index contributed by atoms with van der Waals surface area (Å²) in [6.07, 6.45) is 30.6. The Hall–Kier alpha value is -6.07. The molecule has 5 aromatic carbocycles. The molecule has 0 saturated heterocycles. The van der Waals surface area contributed by atoms with Gasteiger partial charge in [0.1, 0.15) is 0 Å². The van der Waals surface area contributed by atoms with Crippen LogP contribution in [0.4, 0.5) is 5.69 Å². The van der Waals surface area contributed by atoms with Gasteiger partial charge in [0.25, 0.3) is 0 Å². The Morgan fingerprint density at radius 2 is 1.60 bits per heavy atom. The SMILES string of the molecule is [NH-]C1CC(c2ccc3c(C4=CCC5C=CC=CC5=C4)c4c(c(-c5ccc6ccccc6c5)c3c2)C=CCC4)C=CC1NNc1ccc(-c2cccnc2)cc1. The molecule has 0 bridgehead atoms. The minimum Gasteiger partial charge on any atom is -0.673 e. The van der Waals surface area contributed by atoms with Crippen molar-refractivity contribution in [3.05, 3.63) is 198 Å². The van der Waals surface area contributed by atoms with E-state index in [1.165, 1.54) is 66.1 Å². The molecule has 0 aliphatic heterocycles. The third-order valence-corrected chi connectivity index (χ3v) is 11.9. The van der Waals surface area contributed by atoms with Crippen LogP contribution in [0.2, 0.25) is 0 Å². The van der Waals surface area contributed by atoms with E-state index >= 15 is 0 Å². The van der Waals surface area contributed by atoms with Crippen LogP contribution in [-0.2, 0) is 6.42 Å². The summed E-state index contributed by atoms with van der Waals surface area (Å²) in [6.45, 7) is 0. The number of pyridine rings is 1. The number of anilines is 1. The van der Waals surface area contributed by atoms with Crippen LogP contribution in [0.15, 0.2) is 170 Å². The fourth-order valence-corrected chi connectivity index (χ4v) is 9.03. The smallest absolute Gasteiger partial charge is 0.0488 e. The van der Waals surface area contributed by atoms with Crippen molar-refractivity contribution in [3.8, 4) is 22.3 Å². The zero-order valence-electron chi connectivity index (χ0n) is 30.8. The van der Waals surface area contributed by atoms with Gasteiger partial charge in [0, 0.05) is 36.0 Å². The van der Waals surface area contributed by atoms with Gasteiger partial charge in [0.2, 0.25) is 0 Å². The zero-order valence-corrected chi connectivity index (χ0v) is 30.8. The Bertz CT molecular complexity index is 2620. The largest absolute Gasteiger partial charge is 0.673 e. The van der Waals surface area contributed by atoms with Crippen molar-refractivity contribution in [1.82, 2.24) is 10.4 Å². The molecule has 4 atom stereocenters. The van der Waals surface area contributed by atoms with E-state index in [0.29, 0.717) is 5.92 Å². The lowest BCUT2D eigenvalue weighted by Gasteiger charge is -2.36. The minimum atomic E-state index is -0.306. The number of hydrogen-bond donors (Lipinski definition) is 2. The Balaban J connectivity index is 1.02. The Labute approximate surface area is 323 Å². The molecular weight excluding hydrogens is 669 g/mol. The van der Waals surface area contributed by atoms with Crippen molar-refractivity contribution in [1.29, 1.82) is 0 Å². The second-order valence-corrected chi connectivity index (χ2v) is 15.3. The molecule has 0 saturated carbocycles. The van der Waals surface area contributed by atoms with Crippen LogP contribution < -0.4 is 10.9 Å². The van der Waals surface area contributed by atoms with E-state index < -0.39 is 0 Å². The molecule has 268 valence electrons. The molecule has 0 amide bonds. The van der Waals surface area contributed by atoms with Crippen molar-refractivity contribution in [2.24, 2.45) is 5.92 Å². The van der Waals surface area contributed by atoms with E-state index in [4.69, 9.17) is 0 Å². The van der Waals surface area contributed by atoms with Gasteiger partial charge in [-0.05, 0) is 127 Å². The number of nitrogens with zero attached hydrogens (tertiary/aromatic N) is 1. The highest BCUT2D eigenvalue weighted by atomic mass is 15.4. The number of allylic oxidation sites excluding steroid dienone is 10. The van der Waals surface area contributed by atoms with Gasteiger partial charge in [0.15, 0.2) is 0 Å². The number of nitrogens with one attached hydrogen (secondary N) is 3. The van der Waals surface area contributed by atoms with Crippen LogP contribution in [-0.4, -0.2) is 17.1 Å². The van der Waals surface area contributed by atoms with Gasteiger partial charge in [-0.1, -0.05) is 134 Å². The van der Waals surface area contributed by atoms with Crippen LogP contribution in [0.3, 0.4) is 0 Å². The first-order valence-electron chi connectivity index (χ1n) is 19.6. The summed E-state index contributed by atoms with van der Waals surface area (Å²) >= 11 is 0. The van der Waals surface area contributed by atoms with Gasteiger partial charge >= 0.3 is 0 Å². The highest BCUT2D eigenvalue weighted by molar-refractivity contribution is 6.10. The highest BCUT2D eigenvalue weighted by Crippen LogP contribution is 2.46. The third kappa shape index (κ3) is 6.38. The number of hydrazine groups is 1. The lowest BCUT2D eigenvalue weighted by atomic mass is 9.76. The topological polar surface area (TPSA) is 60.8 Å². The van der Waals surface area contributed by atoms with Crippen LogP contribution >= 0.6 is 0 Å². The Morgan fingerprint density at radius 3 is 2.47 bits per heavy atom.